The second-order valence-electron chi connectivity index (χ2n) is 3.94. The maximum atomic E-state index is 10.7. The van der Waals surface area contributed by atoms with Gasteiger partial charge in [0.2, 0.25) is 0 Å². The number of nitrogens with two attached hydrogens (primary N) is 1. The molecule has 0 aliphatic carbocycles. The summed E-state index contributed by atoms with van der Waals surface area (Å²) in [6, 6.07) is 10.5. The Kier molecular flexibility index (Phi) is 4.02. The number of pyridine rings is 1. The SMILES string of the molecule is NCC(O)(c1ccc(Cl)cc1)c1ccc(Br)nc1. The Balaban J connectivity index is 2.47. The van der Waals surface area contributed by atoms with Gasteiger partial charge in [-0.25, -0.2) is 4.98 Å². The average molecular weight is 328 g/mol. The van der Waals surface area contributed by atoms with Gasteiger partial charge in [-0.1, -0.05) is 29.8 Å². The van der Waals surface area contributed by atoms with Gasteiger partial charge in [-0.15, -0.1) is 0 Å². The van der Waals surface area contributed by atoms with Gasteiger partial charge in [-0.2, -0.15) is 0 Å². The molecule has 1 atom stereocenters. The summed E-state index contributed by atoms with van der Waals surface area (Å²) in [6.07, 6.45) is 1.60. The molecule has 18 heavy (non-hydrogen) atoms. The van der Waals surface area contributed by atoms with Crippen molar-refractivity contribution in [1.82, 2.24) is 4.98 Å². The Hall–Kier alpha value is -0.940. The lowest BCUT2D eigenvalue weighted by atomic mass is 9.87. The molecule has 0 amide bonds. The van der Waals surface area contributed by atoms with E-state index in [1.54, 1.807) is 42.6 Å². The molecule has 0 aliphatic heterocycles. The molecule has 1 unspecified atom stereocenters. The van der Waals surface area contributed by atoms with Crippen molar-refractivity contribution in [2.75, 3.05) is 6.54 Å². The van der Waals surface area contributed by atoms with Crippen LogP contribution in [-0.4, -0.2) is 16.6 Å². The number of hydrogen-bond acceptors (Lipinski definition) is 3. The van der Waals surface area contributed by atoms with Crippen LogP contribution in [0.2, 0.25) is 5.02 Å². The monoisotopic (exact) mass is 326 g/mol. The zero-order valence-electron chi connectivity index (χ0n) is 9.48. The fraction of sp³-hybridized carbons (Fsp3) is 0.154. The third-order valence-corrected chi connectivity index (χ3v) is 3.54. The van der Waals surface area contributed by atoms with Crippen molar-refractivity contribution in [2.45, 2.75) is 5.60 Å². The van der Waals surface area contributed by atoms with Crippen LogP contribution >= 0.6 is 27.5 Å². The molecular weight excluding hydrogens is 316 g/mol. The summed E-state index contributed by atoms with van der Waals surface area (Å²) in [6.45, 7) is 0.0674. The molecule has 0 fully saturated rings. The molecule has 3 N–H and O–H groups in total. The van der Waals surface area contributed by atoms with Gasteiger partial charge < -0.3 is 10.8 Å². The van der Waals surface area contributed by atoms with E-state index in [1.165, 1.54) is 0 Å². The number of hydrogen-bond donors (Lipinski definition) is 2. The van der Waals surface area contributed by atoms with Gasteiger partial charge in [-0.3, -0.25) is 0 Å². The van der Waals surface area contributed by atoms with E-state index in [4.69, 9.17) is 17.3 Å². The van der Waals surface area contributed by atoms with Crippen LogP contribution in [0.3, 0.4) is 0 Å². The third-order valence-electron chi connectivity index (χ3n) is 2.82. The van der Waals surface area contributed by atoms with E-state index in [2.05, 4.69) is 20.9 Å². The van der Waals surface area contributed by atoms with Gasteiger partial charge in [0.1, 0.15) is 10.2 Å². The van der Waals surface area contributed by atoms with E-state index < -0.39 is 5.60 Å². The van der Waals surface area contributed by atoms with Crippen LogP contribution in [0.25, 0.3) is 0 Å². The first-order valence-electron chi connectivity index (χ1n) is 5.37. The van der Waals surface area contributed by atoms with Crippen LogP contribution in [0.4, 0.5) is 0 Å². The number of aromatic nitrogens is 1. The summed E-state index contributed by atoms with van der Waals surface area (Å²) >= 11 is 9.10. The number of benzene rings is 1. The normalized spacial score (nSPS) is 14.2. The molecule has 2 rings (SSSR count). The van der Waals surface area contributed by atoms with Gasteiger partial charge in [0.25, 0.3) is 0 Å². The van der Waals surface area contributed by atoms with Crippen LogP contribution in [0.15, 0.2) is 47.2 Å². The molecule has 5 heteroatoms. The lowest BCUT2D eigenvalue weighted by Crippen LogP contribution is -2.36. The number of rotatable bonds is 3. The highest BCUT2D eigenvalue weighted by Crippen LogP contribution is 2.29. The predicted octanol–water partition coefficient (Wildman–Crippen LogP) is 2.69. The minimum Gasteiger partial charge on any atom is -0.379 e. The molecule has 2 aromatic rings. The van der Waals surface area contributed by atoms with Crippen molar-refractivity contribution in [2.24, 2.45) is 5.73 Å². The Morgan fingerprint density at radius 2 is 1.78 bits per heavy atom. The first kappa shape index (κ1) is 13.5. The summed E-state index contributed by atoms with van der Waals surface area (Å²) in [5, 5.41) is 11.3. The van der Waals surface area contributed by atoms with Crippen molar-refractivity contribution >= 4 is 27.5 Å². The predicted molar refractivity (Wildman–Crippen MR) is 75.4 cm³/mol. The Bertz CT molecular complexity index is 482. The highest BCUT2D eigenvalue weighted by Gasteiger charge is 2.30. The molecule has 94 valence electrons. The van der Waals surface area contributed by atoms with Crippen LogP contribution in [0.5, 0.6) is 0 Å². The smallest absolute Gasteiger partial charge is 0.128 e. The first-order chi connectivity index (χ1) is 8.56. The molecule has 1 heterocycles. The molecule has 0 bridgehead atoms. The van der Waals surface area contributed by atoms with Crippen molar-refractivity contribution in [3.8, 4) is 0 Å². The highest BCUT2D eigenvalue weighted by molar-refractivity contribution is 9.10. The lowest BCUT2D eigenvalue weighted by Gasteiger charge is -2.27. The fourth-order valence-electron chi connectivity index (χ4n) is 1.75. The zero-order chi connectivity index (χ0) is 13.2. The number of aliphatic hydroxyl groups is 1. The summed E-state index contributed by atoms with van der Waals surface area (Å²) in [4.78, 5) is 4.11. The Labute approximate surface area is 119 Å². The second-order valence-corrected chi connectivity index (χ2v) is 5.19. The molecular formula is C13H12BrClN2O. The molecule has 1 aromatic heterocycles. The van der Waals surface area contributed by atoms with E-state index in [0.29, 0.717) is 20.8 Å². The molecule has 0 radical (unpaired) electrons. The largest absolute Gasteiger partial charge is 0.379 e. The third kappa shape index (κ3) is 2.57. The van der Waals surface area contributed by atoms with E-state index in [9.17, 15) is 5.11 Å². The minimum atomic E-state index is -1.25. The average Bonchev–Trinajstić information content (AvgIpc) is 2.39. The van der Waals surface area contributed by atoms with Gasteiger partial charge in [0, 0.05) is 23.3 Å². The van der Waals surface area contributed by atoms with Gasteiger partial charge in [0.05, 0.1) is 0 Å². The topological polar surface area (TPSA) is 59.1 Å². The first-order valence-corrected chi connectivity index (χ1v) is 6.54. The van der Waals surface area contributed by atoms with Crippen molar-refractivity contribution < 1.29 is 5.11 Å². The summed E-state index contributed by atoms with van der Waals surface area (Å²) in [5.74, 6) is 0. The van der Waals surface area contributed by atoms with Crippen molar-refractivity contribution in [3.05, 3.63) is 63.3 Å². The van der Waals surface area contributed by atoms with Gasteiger partial charge >= 0.3 is 0 Å². The van der Waals surface area contributed by atoms with Gasteiger partial charge in [-0.05, 0) is 39.7 Å². The summed E-state index contributed by atoms with van der Waals surface area (Å²) < 4.78 is 0.710. The van der Waals surface area contributed by atoms with E-state index >= 15 is 0 Å². The van der Waals surface area contributed by atoms with Crippen molar-refractivity contribution in [3.63, 3.8) is 0 Å². The van der Waals surface area contributed by atoms with Crippen LogP contribution in [0.1, 0.15) is 11.1 Å². The van der Waals surface area contributed by atoms with E-state index in [-0.39, 0.29) is 6.54 Å². The zero-order valence-corrected chi connectivity index (χ0v) is 11.8. The molecule has 0 aliphatic rings. The van der Waals surface area contributed by atoms with Crippen molar-refractivity contribution in [1.29, 1.82) is 0 Å². The molecule has 0 saturated heterocycles. The standard InChI is InChI=1S/C13H12BrClN2O/c14-12-6-3-10(7-17-12)13(18,8-16)9-1-4-11(15)5-2-9/h1-7,18H,8,16H2. The molecule has 0 saturated carbocycles. The van der Waals surface area contributed by atoms with Gasteiger partial charge in [0.15, 0.2) is 0 Å². The Morgan fingerprint density at radius 1 is 1.17 bits per heavy atom. The highest BCUT2D eigenvalue weighted by atomic mass is 79.9. The van der Waals surface area contributed by atoms with E-state index in [0.717, 1.165) is 0 Å². The van der Waals surface area contributed by atoms with E-state index in [1.807, 2.05) is 0 Å². The quantitative estimate of drug-likeness (QED) is 0.852. The number of halogens is 2. The second kappa shape index (κ2) is 5.36. The fourth-order valence-corrected chi connectivity index (χ4v) is 2.11. The van der Waals surface area contributed by atoms with Crippen LogP contribution < -0.4 is 5.73 Å². The molecule has 1 aromatic carbocycles. The molecule has 3 nitrogen and oxygen atoms in total. The minimum absolute atomic E-state index is 0.0674. The lowest BCUT2D eigenvalue weighted by molar-refractivity contribution is 0.0898. The Morgan fingerprint density at radius 3 is 2.28 bits per heavy atom. The van der Waals surface area contributed by atoms with Crippen LogP contribution in [0, 0.1) is 0 Å². The molecule has 0 spiro atoms. The maximum Gasteiger partial charge on any atom is 0.128 e. The maximum absolute atomic E-state index is 10.7. The summed E-state index contributed by atoms with van der Waals surface area (Å²) in [5.41, 5.74) is 5.81. The van der Waals surface area contributed by atoms with Crippen LogP contribution in [-0.2, 0) is 5.60 Å². The number of nitrogens with zero attached hydrogens (tertiary/aromatic N) is 1. The summed E-state index contributed by atoms with van der Waals surface area (Å²) in [7, 11) is 0.